The number of piperidine rings is 1. The average molecular weight is 337 g/mol. The van der Waals surface area contributed by atoms with Crippen LogP contribution in [0.4, 0.5) is 4.79 Å². The number of rotatable bonds is 4. The molecule has 25 heavy (non-hydrogen) atoms. The van der Waals surface area contributed by atoms with Gasteiger partial charge in [-0.3, -0.25) is 5.10 Å². The van der Waals surface area contributed by atoms with Crippen LogP contribution in [0.25, 0.3) is 10.9 Å². The van der Waals surface area contributed by atoms with Crippen molar-refractivity contribution in [3.63, 3.8) is 0 Å². The van der Waals surface area contributed by atoms with Crippen molar-refractivity contribution in [2.75, 3.05) is 13.1 Å². The van der Waals surface area contributed by atoms with Gasteiger partial charge in [0.2, 0.25) is 0 Å². The summed E-state index contributed by atoms with van der Waals surface area (Å²) in [6.07, 6.45) is 9.70. The Labute approximate surface area is 146 Å². The Kier molecular flexibility index (Phi) is 4.41. The molecule has 3 aromatic rings. The molecule has 0 radical (unpaired) electrons. The number of urea groups is 1. The van der Waals surface area contributed by atoms with E-state index in [9.17, 15) is 4.79 Å². The molecule has 0 bridgehead atoms. The fourth-order valence-electron chi connectivity index (χ4n) is 3.74. The molecule has 4 rings (SSSR count). The fourth-order valence-corrected chi connectivity index (χ4v) is 3.74. The Balaban J connectivity index is 1.39. The van der Waals surface area contributed by atoms with Crippen LogP contribution in [0, 0.1) is 0 Å². The standard InChI is InChI=1S/C19H23N5O/c25-19(24-11-2-1-6-18(24)15-12-22-23-13-15)21-9-7-14-4-3-5-17-16(14)8-10-20-17/h3-5,8,10,12-13,18,20H,1-2,6-7,9,11H2,(H,21,25)(H,22,23). The van der Waals surface area contributed by atoms with E-state index in [4.69, 9.17) is 0 Å². The maximum Gasteiger partial charge on any atom is 0.317 e. The molecule has 2 aromatic heterocycles. The Morgan fingerprint density at radius 2 is 2.28 bits per heavy atom. The number of fused-ring (bicyclic) bond motifs is 1. The van der Waals surface area contributed by atoms with Crippen LogP contribution in [-0.4, -0.2) is 39.2 Å². The molecule has 0 spiro atoms. The van der Waals surface area contributed by atoms with Gasteiger partial charge < -0.3 is 15.2 Å². The van der Waals surface area contributed by atoms with E-state index in [1.54, 1.807) is 0 Å². The van der Waals surface area contributed by atoms with Crippen molar-refractivity contribution in [2.45, 2.75) is 31.7 Å². The van der Waals surface area contributed by atoms with Gasteiger partial charge in [-0.1, -0.05) is 12.1 Å². The number of nitrogens with one attached hydrogen (secondary N) is 3. The Bertz CT molecular complexity index is 839. The topological polar surface area (TPSA) is 76.8 Å². The molecule has 1 saturated heterocycles. The molecule has 1 aromatic carbocycles. The number of aromatic amines is 2. The van der Waals surface area contributed by atoms with Crippen molar-refractivity contribution in [3.05, 3.63) is 54.0 Å². The van der Waals surface area contributed by atoms with E-state index in [1.807, 2.05) is 23.5 Å². The quantitative estimate of drug-likeness (QED) is 0.682. The highest BCUT2D eigenvalue weighted by Crippen LogP contribution is 2.30. The number of carbonyl (C=O) groups excluding carboxylic acids is 1. The molecule has 3 N–H and O–H groups in total. The first-order chi connectivity index (χ1) is 12.3. The van der Waals surface area contributed by atoms with Crippen LogP contribution in [0.2, 0.25) is 0 Å². The van der Waals surface area contributed by atoms with Crippen LogP contribution < -0.4 is 5.32 Å². The summed E-state index contributed by atoms with van der Waals surface area (Å²) in [4.78, 5) is 17.9. The zero-order valence-electron chi connectivity index (χ0n) is 14.2. The molecule has 1 unspecified atom stereocenters. The van der Waals surface area contributed by atoms with Crippen molar-refractivity contribution in [1.29, 1.82) is 0 Å². The summed E-state index contributed by atoms with van der Waals surface area (Å²) < 4.78 is 0. The lowest BCUT2D eigenvalue weighted by Gasteiger charge is -2.35. The Morgan fingerprint density at radius 3 is 3.16 bits per heavy atom. The van der Waals surface area contributed by atoms with Gasteiger partial charge in [-0.05, 0) is 43.4 Å². The van der Waals surface area contributed by atoms with Crippen LogP contribution in [0.3, 0.4) is 0 Å². The second-order valence-electron chi connectivity index (χ2n) is 6.57. The van der Waals surface area contributed by atoms with Crippen LogP contribution >= 0.6 is 0 Å². The molecule has 0 aliphatic carbocycles. The van der Waals surface area contributed by atoms with Gasteiger partial charge in [-0.15, -0.1) is 0 Å². The average Bonchev–Trinajstić information content (AvgIpc) is 3.33. The molecule has 3 heterocycles. The van der Waals surface area contributed by atoms with Crippen LogP contribution in [0.1, 0.15) is 36.4 Å². The summed E-state index contributed by atoms with van der Waals surface area (Å²) >= 11 is 0. The van der Waals surface area contributed by atoms with Crippen molar-refractivity contribution < 1.29 is 4.79 Å². The van der Waals surface area contributed by atoms with Gasteiger partial charge in [0.25, 0.3) is 0 Å². The summed E-state index contributed by atoms with van der Waals surface area (Å²) in [6.45, 7) is 1.44. The lowest BCUT2D eigenvalue weighted by Crippen LogP contribution is -2.45. The van der Waals surface area contributed by atoms with E-state index >= 15 is 0 Å². The van der Waals surface area contributed by atoms with E-state index in [0.29, 0.717) is 6.54 Å². The summed E-state index contributed by atoms with van der Waals surface area (Å²) in [7, 11) is 0. The SMILES string of the molecule is O=C(NCCc1cccc2[nH]ccc12)N1CCCCC1c1cn[nH]c1. The number of carbonyl (C=O) groups is 1. The number of amides is 2. The van der Waals surface area contributed by atoms with Crippen molar-refractivity contribution >= 4 is 16.9 Å². The van der Waals surface area contributed by atoms with E-state index < -0.39 is 0 Å². The number of likely N-dealkylation sites (tertiary alicyclic amines) is 1. The van der Waals surface area contributed by atoms with Crippen LogP contribution in [-0.2, 0) is 6.42 Å². The van der Waals surface area contributed by atoms with Gasteiger partial charge in [0.05, 0.1) is 12.2 Å². The molecule has 1 atom stereocenters. The lowest BCUT2D eigenvalue weighted by molar-refractivity contribution is 0.151. The first-order valence-electron chi connectivity index (χ1n) is 8.91. The fraction of sp³-hybridized carbons (Fsp3) is 0.368. The molecule has 1 aliphatic heterocycles. The predicted octanol–water partition coefficient (Wildman–Crippen LogP) is 3.37. The number of H-pyrrole nitrogens is 2. The molecule has 0 saturated carbocycles. The molecule has 130 valence electrons. The predicted molar refractivity (Wildman–Crippen MR) is 97.3 cm³/mol. The molecule has 1 aliphatic rings. The molecular formula is C19H23N5O. The zero-order valence-corrected chi connectivity index (χ0v) is 14.2. The van der Waals surface area contributed by atoms with Gasteiger partial charge in [0.15, 0.2) is 0 Å². The van der Waals surface area contributed by atoms with Crippen molar-refractivity contribution in [1.82, 2.24) is 25.4 Å². The van der Waals surface area contributed by atoms with Gasteiger partial charge in [-0.2, -0.15) is 5.10 Å². The van der Waals surface area contributed by atoms with E-state index in [0.717, 1.165) is 43.3 Å². The van der Waals surface area contributed by atoms with E-state index in [2.05, 4.69) is 44.8 Å². The third-order valence-corrected chi connectivity index (χ3v) is 5.02. The van der Waals surface area contributed by atoms with Gasteiger partial charge >= 0.3 is 6.03 Å². The molecule has 6 heteroatoms. The van der Waals surface area contributed by atoms with Crippen molar-refractivity contribution in [2.24, 2.45) is 0 Å². The van der Waals surface area contributed by atoms with Crippen LogP contribution in [0.15, 0.2) is 42.9 Å². The highest BCUT2D eigenvalue weighted by Gasteiger charge is 2.28. The summed E-state index contributed by atoms with van der Waals surface area (Å²) in [6, 6.07) is 8.48. The summed E-state index contributed by atoms with van der Waals surface area (Å²) in [5.41, 5.74) is 3.48. The smallest absolute Gasteiger partial charge is 0.317 e. The molecule has 1 fully saturated rings. The minimum Gasteiger partial charge on any atom is -0.361 e. The van der Waals surface area contributed by atoms with Crippen molar-refractivity contribution in [3.8, 4) is 0 Å². The largest absolute Gasteiger partial charge is 0.361 e. The Morgan fingerprint density at radius 1 is 1.32 bits per heavy atom. The number of aromatic nitrogens is 3. The summed E-state index contributed by atoms with van der Waals surface area (Å²) in [5, 5.41) is 11.2. The Hall–Kier alpha value is -2.76. The van der Waals surface area contributed by atoms with Gasteiger partial charge in [0, 0.05) is 41.9 Å². The second kappa shape index (κ2) is 7.01. The van der Waals surface area contributed by atoms with Gasteiger partial charge in [0.1, 0.15) is 0 Å². The maximum atomic E-state index is 12.7. The third-order valence-electron chi connectivity index (χ3n) is 5.02. The first kappa shape index (κ1) is 15.7. The number of benzene rings is 1. The number of nitrogens with zero attached hydrogens (tertiary/aromatic N) is 2. The van der Waals surface area contributed by atoms with Crippen LogP contribution in [0.5, 0.6) is 0 Å². The minimum atomic E-state index is 0.0205. The molecule has 6 nitrogen and oxygen atoms in total. The molecular weight excluding hydrogens is 314 g/mol. The monoisotopic (exact) mass is 337 g/mol. The third kappa shape index (κ3) is 3.24. The maximum absolute atomic E-state index is 12.7. The first-order valence-corrected chi connectivity index (χ1v) is 8.91. The zero-order chi connectivity index (χ0) is 17.1. The van der Waals surface area contributed by atoms with E-state index in [1.165, 1.54) is 10.9 Å². The normalized spacial score (nSPS) is 17.8. The van der Waals surface area contributed by atoms with Gasteiger partial charge in [-0.25, -0.2) is 4.79 Å². The highest BCUT2D eigenvalue weighted by molar-refractivity contribution is 5.83. The lowest BCUT2D eigenvalue weighted by atomic mass is 9.98. The molecule has 2 amide bonds. The minimum absolute atomic E-state index is 0.0205. The van der Waals surface area contributed by atoms with E-state index in [-0.39, 0.29) is 12.1 Å². The summed E-state index contributed by atoms with van der Waals surface area (Å²) in [5.74, 6) is 0. The highest BCUT2D eigenvalue weighted by atomic mass is 16.2. The number of hydrogen-bond donors (Lipinski definition) is 3. The number of hydrogen-bond acceptors (Lipinski definition) is 2. The second-order valence-corrected chi connectivity index (χ2v) is 6.57.